The summed E-state index contributed by atoms with van der Waals surface area (Å²) >= 11 is 0. The van der Waals surface area contributed by atoms with Gasteiger partial charge in [-0.3, -0.25) is 9.69 Å². The summed E-state index contributed by atoms with van der Waals surface area (Å²) in [4.78, 5) is 12.9. The minimum absolute atomic E-state index is 0. The van der Waals surface area contributed by atoms with Gasteiger partial charge in [0.15, 0.2) is 0 Å². The zero-order chi connectivity index (χ0) is 14.6. The van der Waals surface area contributed by atoms with E-state index in [9.17, 15) is 18.0 Å². The molecule has 0 aromatic rings. The van der Waals surface area contributed by atoms with E-state index in [-0.39, 0.29) is 36.6 Å². The first-order valence-electron chi connectivity index (χ1n) is 7.19. The fraction of sp³-hybridized carbons (Fsp3) is 0.923. The monoisotopic (exact) mass is 365 g/mol. The highest BCUT2D eigenvalue weighted by Crippen LogP contribution is 2.27. The number of hydrogen-bond donors (Lipinski definition) is 2. The van der Waals surface area contributed by atoms with Crippen molar-refractivity contribution in [3.05, 3.63) is 0 Å². The van der Waals surface area contributed by atoms with Crippen molar-refractivity contribution < 1.29 is 18.0 Å². The first-order valence-corrected chi connectivity index (χ1v) is 7.19. The average Bonchev–Trinajstić information content (AvgIpc) is 3.05. The molecule has 1 unspecified atom stereocenters. The third-order valence-corrected chi connectivity index (χ3v) is 3.78. The topological polar surface area (TPSA) is 44.4 Å². The number of carbonyl (C=O) groups is 1. The summed E-state index contributed by atoms with van der Waals surface area (Å²) in [6.45, 7) is 1.68. The van der Waals surface area contributed by atoms with Crippen LogP contribution in [0.25, 0.3) is 0 Å². The predicted molar refractivity (Wildman–Crippen MR) is 83.7 cm³/mol. The van der Waals surface area contributed by atoms with E-state index in [0.29, 0.717) is 32.6 Å². The van der Waals surface area contributed by atoms with Crippen LogP contribution in [0.5, 0.6) is 0 Å². The lowest BCUT2D eigenvalue weighted by Crippen LogP contribution is -2.38. The zero-order valence-electron chi connectivity index (χ0n) is 12.3. The van der Waals surface area contributed by atoms with Gasteiger partial charge in [-0.25, -0.2) is 0 Å². The molecule has 132 valence electrons. The van der Waals surface area contributed by atoms with Crippen molar-refractivity contribution in [1.82, 2.24) is 15.5 Å². The number of alkyl halides is 3. The second kappa shape index (κ2) is 9.80. The minimum atomic E-state index is -4.13. The molecular weight excluding hydrogens is 342 g/mol. The zero-order valence-corrected chi connectivity index (χ0v) is 14.0. The summed E-state index contributed by atoms with van der Waals surface area (Å²) in [5.74, 6) is 0.790. The van der Waals surface area contributed by atoms with Crippen molar-refractivity contribution in [1.29, 1.82) is 0 Å². The van der Waals surface area contributed by atoms with Crippen LogP contribution in [0.3, 0.4) is 0 Å². The lowest BCUT2D eigenvalue weighted by Gasteiger charge is -2.18. The maximum Gasteiger partial charge on any atom is 0.401 e. The standard InChI is InChI=1S/C13H22F3N3O.2ClH/c14-13(15,16)9-19-4-3-11(8-19)6-18-12(20)7-17-5-10-1-2-10;;/h10-11,17H,1-9H2,(H,18,20);2*1H. The van der Waals surface area contributed by atoms with E-state index < -0.39 is 12.7 Å². The Hall–Kier alpha value is -0.240. The smallest absolute Gasteiger partial charge is 0.355 e. The number of hydrogen-bond acceptors (Lipinski definition) is 3. The first kappa shape index (κ1) is 21.8. The molecule has 1 atom stereocenters. The van der Waals surface area contributed by atoms with Crippen molar-refractivity contribution in [3.8, 4) is 0 Å². The minimum Gasteiger partial charge on any atom is -0.355 e. The maximum atomic E-state index is 12.2. The highest BCUT2D eigenvalue weighted by Gasteiger charge is 2.34. The molecule has 0 spiro atoms. The van der Waals surface area contributed by atoms with Crippen molar-refractivity contribution in [2.24, 2.45) is 11.8 Å². The molecule has 2 aliphatic rings. The Morgan fingerprint density at radius 1 is 1.09 bits per heavy atom. The van der Waals surface area contributed by atoms with E-state index in [1.807, 2.05) is 0 Å². The van der Waals surface area contributed by atoms with E-state index in [2.05, 4.69) is 10.6 Å². The first-order chi connectivity index (χ1) is 9.42. The Kier molecular flexibility index (Phi) is 9.69. The normalized spacial score (nSPS) is 21.9. The second-order valence-electron chi connectivity index (χ2n) is 5.88. The fourth-order valence-electron chi connectivity index (χ4n) is 2.51. The van der Waals surface area contributed by atoms with Crippen molar-refractivity contribution in [2.45, 2.75) is 25.4 Å². The van der Waals surface area contributed by atoms with Gasteiger partial charge in [-0.05, 0) is 44.2 Å². The van der Waals surface area contributed by atoms with Crippen LogP contribution in [-0.4, -0.2) is 56.3 Å². The van der Waals surface area contributed by atoms with E-state index in [1.54, 1.807) is 0 Å². The number of halogens is 5. The second-order valence-corrected chi connectivity index (χ2v) is 5.88. The number of carbonyl (C=O) groups excluding carboxylic acids is 1. The van der Waals surface area contributed by atoms with Gasteiger partial charge in [0.1, 0.15) is 0 Å². The molecule has 1 amide bonds. The van der Waals surface area contributed by atoms with E-state index in [0.717, 1.165) is 12.5 Å². The Morgan fingerprint density at radius 2 is 1.77 bits per heavy atom. The van der Waals surface area contributed by atoms with Crippen LogP contribution in [0.1, 0.15) is 19.3 Å². The van der Waals surface area contributed by atoms with Gasteiger partial charge in [-0.2, -0.15) is 13.2 Å². The molecular formula is C13H24Cl2F3N3O. The number of likely N-dealkylation sites (tertiary alicyclic amines) is 1. The SMILES string of the molecule is Cl.Cl.O=C(CNCC1CC1)NCC1CCN(CC(F)(F)F)C1. The molecule has 2 fully saturated rings. The van der Waals surface area contributed by atoms with Gasteiger partial charge in [0, 0.05) is 13.1 Å². The Morgan fingerprint density at radius 3 is 2.36 bits per heavy atom. The summed E-state index contributed by atoms with van der Waals surface area (Å²) in [6.07, 6.45) is -0.936. The van der Waals surface area contributed by atoms with Crippen LogP contribution in [0, 0.1) is 11.8 Å². The largest absolute Gasteiger partial charge is 0.401 e. The van der Waals surface area contributed by atoms with Crippen LogP contribution >= 0.6 is 24.8 Å². The van der Waals surface area contributed by atoms with E-state index >= 15 is 0 Å². The highest BCUT2D eigenvalue weighted by molar-refractivity contribution is 5.85. The van der Waals surface area contributed by atoms with Crippen molar-refractivity contribution in [3.63, 3.8) is 0 Å². The van der Waals surface area contributed by atoms with E-state index in [4.69, 9.17) is 0 Å². The summed E-state index contributed by atoms with van der Waals surface area (Å²) in [5.41, 5.74) is 0. The summed E-state index contributed by atoms with van der Waals surface area (Å²) in [6, 6.07) is 0. The Bertz CT molecular complexity index is 341. The number of rotatable bonds is 7. The number of amides is 1. The van der Waals surface area contributed by atoms with Gasteiger partial charge in [0.25, 0.3) is 0 Å². The molecule has 0 bridgehead atoms. The van der Waals surface area contributed by atoms with Crippen LogP contribution in [0.4, 0.5) is 13.2 Å². The molecule has 1 aliphatic carbocycles. The van der Waals surface area contributed by atoms with Gasteiger partial charge in [-0.15, -0.1) is 24.8 Å². The highest BCUT2D eigenvalue weighted by atomic mass is 35.5. The average molecular weight is 366 g/mol. The lowest BCUT2D eigenvalue weighted by molar-refractivity contribution is -0.143. The quantitative estimate of drug-likeness (QED) is 0.723. The molecule has 2 N–H and O–H groups in total. The molecule has 1 saturated heterocycles. The van der Waals surface area contributed by atoms with E-state index in [1.165, 1.54) is 17.7 Å². The van der Waals surface area contributed by atoms with Gasteiger partial charge in [-0.1, -0.05) is 0 Å². The summed E-state index contributed by atoms with van der Waals surface area (Å²) < 4.78 is 36.7. The van der Waals surface area contributed by atoms with Crippen molar-refractivity contribution >= 4 is 30.7 Å². The maximum absolute atomic E-state index is 12.2. The lowest BCUT2D eigenvalue weighted by atomic mass is 10.1. The Balaban J connectivity index is 0.00000220. The molecule has 4 nitrogen and oxygen atoms in total. The molecule has 22 heavy (non-hydrogen) atoms. The third kappa shape index (κ3) is 9.02. The molecule has 1 saturated carbocycles. The molecule has 0 aromatic heterocycles. The van der Waals surface area contributed by atoms with Gasteiger partial charge in [0.2, 0.25) is 5.91 Å². The molecule has 0 radical (unpaired) electrons. The summed E-state index contributed by atoms with van der Waals surface area (Å²) in [7, 11) is 0. The molecule has 1 aliphatic heterocycles. The van der Waals surface area contributed by atoms with Crippen LogP contribution in [0.2, 0.25) is 0 Å². The van der Waals surface area contributed by atoms with Gasteiger partial charge in [0.05, 0.1) is 13.1 Å². The van der Waals surface area contributed by atoms with Crippen molar-refractivity contribution in [2.75, 3.05) is 39.3 Å². The van der Waals surface area contributed by atoms with Crippen LogP contribution in [0.15, 0.2) is 0 Å². The molecule has 1 heterocycles. The molecule has 9 heteroatoms. The Labute approximate surface area is 141 Å². The van der Waals surface area contributed by atoms with Gasteiger partial charge >= 0.3 is 6.18 Å². The molecule has 2 rings (SSSR count). The fourth-order valence-corrected chi connectivity index (χ4v) is 2.51. The number of nitrogens with zero attached hydrogens (tertiary/aromatic N) is 1. The van der Waals surface area contributed by atoms with Crippen LogP contribution < -0.4 is 10.6 Å². The number of nitrogens with one attached hydrogen (secondary N) is 2. The third-order valence-electron chi connectivity index (χ3n) is 3.78. The summed E-state index contributed by atoms with van der Waals surface area (Å²) in [5, 5.41) is 5.88. The predicted octanol–water partition coefficient (Wildman–Crippen LogP) is 1.83. The molecule has 0 aromatic carbocycles. The van der Waals surface area contributed by atoms with Crippen LogP contribution in [-0.2, 0) is 4.79 Å². The van der Waals surface area contributed by atoms with Gasteiger partial charge < -0.3 is 10.6 Å².